The van der Waals surface area contributed by atoms with Gasteiger partial charge in [0, 0.05) is 6.42 Å². The molecular weight excluding hydrogens is 200 g/mol. The summed E-state index contributed by atoms with van der Waals surface area (Å²) in [5.41, 5.74) is 0. The summed E-state index contributed by atoms with van der Waals surface area (Å²) in [6.45, 7) is 4.71. The molecule has 0 bridgehead atoms. The Morgan fingerprint density at radius 2 is 1.81 bits per heavy atom. The Hall–Kier alpha value is -0.790. The Labute approximate surface area is 100 Å². The Morgan fingerprint density at radius 3 is 2.50 bits per heavy atom. The highest BCUT2D eigenvalue weighted by molar-refractivity contribution is 5.69. The Bertz CT molecular complexity index is 185. The lowest BCUT2D eigenvalue weighted by Crippen LogP contribution is -2.04. The number of hydrogen-bond acceptors (Lipinski definition) is 2. The number of rotatable bonds is 10. The fourth-order valence-corrected chi connectivity index (χ4v) is 1.53. The molecule has 0 aromatic carbocycles. The molecule has 0 aliphatic carbocycles. The predicted octanol–water partition coefficient (Wildman–Crippen LogP) is 4.25. The van der Waals surface area contributed by atoms with Gasteiger partial charge >= 0.3 is 5.97 Å². The monoisotopic (exact) mass is 226 g/mol. The van der Waals surface area contributed by atoms with Crippen LogP contribution in [0, 0.1) is 0 Å². The van der Waals surface area contributed by atoms with Crippen LogP contribution in [0.25, 0.3) is 0 Å². The van der Waals surface area contributed by atoms with E-state index in [2.05, 4.69) is 6.92 Å². The molecule has 0 saturated carbocycles. The molecule has 16 heavy (non-hydrogen) atoms. The highest BCUT2D eigenvalue weighted by Crippen LogP contribution is 2.07. The molecule has 0 aromatic rings. The van der Waals surface area contributed by atoms with Crippen LogP contribution < -0.4 is 0 Å². The van der Waals surface area contributed by atoms with Crippen LogP contribution in [0.2, 0.25) is 0 Å². The van der Waals surface area contributed by atoms with Crippen molar-refractivity contribution in [3.05, 3.63) is 12.2 Å². The van der Waals surface area contributed by atoms with E-state index in [1.807, 2.05) is 19.1 Å². The largest absolute Gasteiger partial charge is 0.465 e. The van der Waals surface area contributed by atoms with Crippen molar-refractivity contribution in [2.75, 3.05) is 6.61 Å². The van der Waals surface area contributed by atoms with Crippen molar-refractivity contribution in [3.8, 4) is 0 Å². The van der Waals surface area contributed by atoms with Crippen LogP contribution in [0.3, 0.4) is 0 Å². The van der Waals surface area contributed by atoms with Crippen molar-refractivity contribution >= 4 is 5.97 Å². The van der Waals surface area contributed by atoms with E-state index in [1.165, 1.54) is 25.7 Å². The maximum Gasteiger partial charge on any atom is 0.305 e. The van der Waals surface area contributed by atoms with Crippen LogP contribution in [-0.4, -0.2) is 12.6 Å². The van der Waals surface area contributed by atoms with Gasteiger partial charge in [-0.3, -0.25) is 4.79 Å². The van der Waals surface area contributed by atoms with Crippen molar-refractivity contribution in [2.45, 2.75) is 65.2 Å². The van der Waals surface area contributed by atoms with Crippen molar-refractivity contribution in [3.63, 3.8) is 0 Å². The third kappa shape index (κ3) is 11.3. The lowest BCUT2D eigenvalue weighted by Gasteiger charge is -2.03. The van der Waals surface area contributed by atoms with Gasteiger partial charge in [0.25, 0.3) is 0 Å². The quantitative estimate of drug-likeness (QED) is 0.316. The van der Waals surface area contributed by atoms with Gasteiger partial charge in [0.05, 0.1) is 6.61 Å². The number of esters is 1. The number of ether oxygens (including phenoxy) is 1. The van der Waals surface area contributed by atoms with Crippen LogP contribution in [0.1, 0.15) is 65.2 Å². The first kappa shape index (κ1) is 15.2. The first-order valence-corrected chi connectivity index (χ1v) is 6.58. The van der Waals surface area contributed by atoms with Gasteiger partial charge in [-0.2, -0.15) is 0 Å². The average Bonchev–Trinajstić information content (AvgIpc) is 2.29. The van der Waals surface area contributed by atoms with E-state index in [0.29, 0.717) is 13.0 Å². The zero-order chi connectivity index (χ0) is 12.1. The van der Waals surface area contributed by atoms with E-state index >= 15 is 0 Å². The molecule has 0 spiro atoms. The minimum atomic E-state index is -0.0417. The van der Waals surface area contributed by atoms with E-state index in [0.717, 1.165) is 19.3 Å². The number of allylic oxidation sites excluding steroid dienone is 1. The van der Waals surface area contributed by atoms with Crippen molar-refractivity contribution in [1.82, 2.24) is 0 Å². The lowest BCUT2D eigenvalue weighted by atomic mass is 10.1. The van der Waals surface area contributed by atoms with Gasteiger partial charge in [0.1, 0.15) is 0 Å². The second-order valence-electron chi connectivity index (χ2n) is 4.10. The second-order valence-corrected chi connectivity index (χ2v) is 4.10. The van der Waals surface area contributed by atoms with Crippen molar-refractivity contribution in [1.29, 1.82) is 0 Å². The molecule has 2 heteroatoms. The van der Waals surface area contributed by atoms with Gasteiger partial charge < -0.3 is 4.74 Å². The zero-order valence-electron chi connectivity index (χ0n) is 10.8. The normalized spacial score (nSPS) is 10.9. The third-order valence-corrected chi connectivity index (χ3v) is 2.52. The molecule has 0 aromatic heterocycles. The van der Waals surface area contributed by atoms with Crippen LogP contribution in [-0.2, 0) is 9.53 Å². The van der Waals surface area contributed by atoms with Gasteiger partial charge in [-0.05, 0) is 19.8 Å². The van der Waals surface area contributed by atoms with E-state index in [-0.39, 0.29) is 5.97 Å². The molecule has 94 valence electrons. The maximum absolute atomic E-state index is 11.2. The van der Waals surface area contributed by atoms with E-state index in [9.17, 15) is 4.79 Å². The summed E-state index contributed by atoms with van der Waals surface area (Å²) < 4.78 is 5.08. The average molecular weight is 226 g/mol. The Balaban J connectivity index is 3.17. The highest BCUT2D eigenvalue weighted by Gasteiger charge is 2.01. The Morgan fingerprint density at radius 1 is 1.12 bits per heavy atom. The van der Waals surface area contributed by atoms with Gasteiger partial charge in [-0.1, -0.05) is 51.2 Å². The molecule has 0 N–H and O–H groups in total. The standard InChI is InChI=1S/C14H26O2/c1-3-5-7-8-9-10-12-14(15)16-13-11-6-4-2/h4,6H,3,5,7-13H2,1-2H3/b6-4+. The van der Waals surface area contributed by atoms with Crippen LogP contribution in [0.15, 0.2) is 12.2 Å². The van der Waals surface area contributed by atoms with Crippen molar-refractivity contribution < 1.29 is 9.53 Å². The lowest BCUT2D eigenvalue weighted by molar-refractivity contribution is -0.143. The fraction of sp³-hybridized carbons (Fsp3) is 0.786. The summed E-state index contributed by atoms with van der Waals surface area (Å²) in [5, 5.41) is 0. The molecule has 0 radical (unpaired) electrons. The molecule has 0 aliphatic heterocycles. The summed E-state index contributed by atoms with van der Waals surface area (Å²) in [6, 6.07) is 0. The summed E-state index contributed by atoms with van der Waals surface area (Å²) in [4.78, 5) is 11.2. The molecule has 0 unspecified atom stereocenters. The van der Waals surface area contributed by atoms with Gasteiger partial charge in [0.15, 0.2) is 0 Å². The van der Waals surface area contributed by atoms with Crippen molar-refractivity contribution in [2.24, 2.45) is 0 Å². The molecule has 0 rings (SSSR count). The number of carbonyl (C=O) groups is 1. The predicted molar refractivity (Wildman–Crippen MR) is 68.4 cm³/mol. The fourth-order valence-electron chi connectivity index (χ4n) is 1.53. The van der Waals surface area contributed by atoms with Crippen LogP contribution in [0.4, 0.5) is 0 Å². The minimum Gasteiger partial charge on any atom is -0.465 e. The molecule has 0 heterocycles. The van der Waals surface area contributed by atoms with Crippen LogP contribution in [0.5, 0.6) is 0 Å². The van der Waals surface area contributed by atoms with E-state index < -0.39 is 0 Å². The van der Waals surface area contributed by atoms with Crippen LogP contribution >= 0.6 is 0 Å². The molecule has 0 aliphatic rings. The molecule has 0 amide bonds. The minimum absolute atomic E-state index is 0.0417. The molecule has 0 saturated heterocycles. The second kappa shape index (κ2) is 12.3. The SMILES string of the molecule is C/C=C/CCOC(=O)CCCCCCCC. The number of unbranched alkanes of at least 4 members (excludes halogenated alkanes) is 5. The maximum atomic E-state index is 11.2. The Kier molecular flexibility index (Phi) is 11.7. The summed E-state index contributed by atoms with van der Waals surface area (Å²) in [7, 11) is 0. The molecule has 0 fully saturated rings. The van der Waals surface area contributed by atoms with E-state index in [4.69, 9.17) is 4.74 Å². The topological polar surface area (TPSA) is 26.3 Å². The van der Waals surface area contributed by atoms with Gasteiger partial charge in [0.2, 0.25) is 0 Å². The summed E-state index contributed by atoms with van der Waals surface area (Å²) in [5.74, 6) is -0.0417. The summed E-state index contributed by atoms with van der Waals surface area (Å²) in [6.07, 6.45) is 12.7. The molecular formula is C14H26O2. The number of carbonyl (C=O) groups excluding carboxylic acids is 1. The van der Waals surface area contributed by atoms with Gasteiger partial charge in [-0.15, -0.1) is 0 Å². The molecule has 0 atom stereocenters. The summed E-state index contributed by atoms with van der Waals surface area (Å²) >= 11 is 0. The molecule has 2 nitrogen and oxygen atoms in total. The first-order valence-electron chi connectivity index (χ1n) is 6.58. The smallest absolute Gasteiger partial charge is 0.305 e. The number of hydrogen-bond donors (Lipinski definition) is 0. The third-order valence-electron chi connectivity index (χ3n) is 2.52. The van der Waals surface area contributed by atoms with E-state index in [1.54, 1.807) is 0 Å². The zero-order valence-corrected chi connectivity index (χ0v) is 10.8. The first-order chi connectivity index (χ1) is 7.81. The highest BCUT2D eigenvalue weighted by atomic mass is 16.5. The van der Waals surface area contributed by atoms with Gasteiger partial charge in [-0.25, -0.2) is 0 Å².